The van der Waals surface area contributed by atoms with Crippen LogP contribution in [0.3, 0.4) is 0 Å². The van der Waals surface area contributed by atoms with E-state index in [1.165, 1.54) is 4.68 Å². The summed E-state index contributed by atoms with van der Waals surface area (Å²) in [4.78, 5) is 29.2. The number of benzene rings is 1. The Morgan fingerprint density at radius 1 is 1.19 bits per heavy atom. The maximum atomic E-state index is 13.4. The summed E-state index contributed by atoms with van der Waals surface area (Å²) in [5, 5.41) is 5.33. The number of nitrogens with zero attached hydrogens (tertiary/aromatic N) is 7. The molecule has 0 aliphatic heterocycles. The molecular weight excluding hydrogens is 404 g/mol. The second-order valence-corrected chi connectivity index (χ2v) is 7.87. The molecule has 1 aromatic carbocycles. The Morgan fingerprint density at radius 2 is 1.97 bits per heavy atom. The second kappa shape index (κ2) is 8.77. The molecule has 0 bridgehead atoms. The molecule has 0 fully saturated rings. The molecule has 164 valence electrons. The van der Waals surface area contributed by atoms with Crippen molar-refractivity contribution in [2.75, 3.05) is 18.5 Å². The van der Waals surface area contributed by atoms with Crippen molar-refractivity contribution < 1.29 is 0 Å². The van der Waals surface area contributed by atoms with Gasteiger partial charge in [-0.05, 0) is 26.8 Å². The standard InChI is InChI=1S/C23H26N8O/c1-5-6-11-30-21-19(28-23(30)29(4)13-15(2)24)12-25-31(22(21)32)14-20-26-16(3)17-9-7-8-10-18(17)27-20/h7-10,12,15H,11,13-14,24H2,1-4H3. The smallest absolute Gasteiger partial charge is 0.293 e. The molecule has 4 rings (SSSR count). The van der Waals surface area contributed by atoms with Gasteiger partial charge in [-0.15, -0.1) is 5.92 Å². The van der Waals surface area contributed by atoms with Crippen LogP contribution in [-0.4, -0.2) is 48.9 Å². The molecule has 0 spiro atoms. The number of aryl methyl sites for hydroxylation is 1. The molecule has 0 amide bonds. The topological polar surface area (TPSA) is 108 Å². The summed E-state index contributed by atoms with van der Waals surface area (Å²) in [5.41, 5.74) is 8.38. The number of likely N-dealkylation sites (N-methyl/N-ethyl adjacent to an activating group) is 1. The van der Waals surface area contributed by atoms with Gasteiger partial charge in [-0.25, -0.2) is 19.6 Å². The molecule has 2 N–H and O–H groups in total. The van der Waals surface area contributed by atoms with Crippen LogP contribution in [0.2, 0.25) is 0 Å². The third-order valence-electron chi connectivity index (χ3n) is 5.18. The Hall–Kier alpha value is -3.77. The van der Waals surface area contributed by atoms with Gasteiger partial charge >= 0.3 is 0 Å². The molecule has 0 saturated heterocycles. The van der Waals surface area contributed by atoms with Crippen LogP contribution in [0.25, 0.3) is 21.9 Å². The number of anilines is 1. The molecule has 3 aromatic heterocycles. The van der Waals surface area contributed by atoms with Gasteiger partial charge in [0.05, 0.1) is 18.3 Å². The van der Waals surface area contributed by atoms with E-state index in [4.69, 9.17) is 5.73 Å². The zero-order valence-corrected chi connectivity index (χ0v) is 18.7. The van der Waals surface area contributed by atoms with E-state index >= 15 is 0 Å². The highest BCUT2D eigenvalue weighted by molar-refractivity contribution is 5.80. The lowest BCUT2D eigenvalue weighted by Gasteiger charge is -2.20. The quantitative estimate of drug-likeness (QED) is 0.464. The predicted molar refractivity (Wildman–Crippen MR) is 126 cm³/mol. The van der Waals surface area contributed by atoms with E-state index in [-0.39, 0.29) is 18.1 Å². The van der Waals surface area contributed by atoms with E-state index in [2.05, 4.69) is 31.9 Å². The van der Waals surface area contributed by atoms with Crippen LogP contribution in [0, 0.1) is 18.8 Å². The fraction of sp³-hybridized carbons (Fsp3) is 0.348. The number of fused-ring (bicyclic) bond motifs is 2. The molecule has 0 aliphatic carbocycles. The van der Waals surface area contributed by atoms with Crippen LogP contribution in [0.15, 0.2) is 35.3 Å². The number of para-hydroxylation sites is 1. The average molecular weight is 431 g/mol. The van der Waals surface area contributed by atoms with E-state index in [0.717, 1.165) is 16.6 Å². The molecule has 9 nitrogen and oxygen atoms in total. The average Bonchev–Trinajstić information content (AvgIpc) is 3.13. The zero-order valence-electron chi connectivity index (χ0n) is 18.7. The fourth-order valence-corrected chi connectivity index (χ4v) is 3.80. The van der Waals surface area contributed by atoms with Crippen molar-refractivity contribution in [3.05, 3.63) is 52.3 Å². The lowest BCUT2D eigenvalue weighted by Crippen LogP contribution is -2.34. The zero-order chi connectivity index (χ0) is 22.8. The molecule has 0 aliphatic rings. The first-order valence-electron chi connectivity index (χ1n) is 10.4. The van der Waals surface area contributed by atoms with Crippen molar-refractivity contribution >= 4 is 27.9 Å². The Kier molecular flexibility index (Phi) is 5.88. The normalized spacial score (nSPS) is 12.0. The van der Waals surface area contributed by atoms with Gasteiger partial charge in [0.25, 0.3) is 5.56 Å². The minimum absolute atomic E-state index is 0.0476. The fourth-order valence-electron chi connectivity index (χ4n) is 3.80. The van der Waals surface area contributed by atoms with E-state index in [1.54, 1.807) is 13.1 Å². The molecule has 4 aromatic rings. The van der Waals surface area contributed by atoms with Crippen molar-refractivity contribution in [1.82, 2.24) is 29.3 Å². The highest BCUT2D eigenvalue weighted by atomic mass is 16.1. The van der Waals surface area contributed by atoms with Crippen molar-refractivity contribution in [2.45, 2.75) is 39.9 Å². The van der Waals surface area contributed by atoms with Gasteiger partial charge in [0, 0.05) is 30.7 Å². The third kappa shape index (κ3) is 4.05. The maximum Gasteiger partial charge on any atom is 0.293 e. The SMILES string of the molecule is CC#CCn1c(N(C)CC(C)N)nc2cnn(Cc3nc(C)c4ccccc4n3)c(=O)c21. The Balaban J connectivity index is 1.81. The Bertz CT molecular complexity index is 1410. The third-order valence-corrected chi connectivity index (χ3v) is 5.18. The Labute approximate surface area is 185 Å². The molecular formula is C23H26N8O. The molecule has 0 saturated carbocycles. The van der Waals surface area contributed by atoms with Crippen molar-refractivity contribution in [3.8, 4) is 11.8 Å². The molecule has 32 heavy (non-hydrogen) atoms. The van der Waals surface area contributed by atoms with Crippen LogP contribution in [0.4, 0.5) is 5.95 Å². The van der Waals surface area contributed by atoms with Crippen LogP contribution in [-0.2, 0) is 13.1 Å². The summed E-state index contributed by atoms with van der Waals surface area (Å²) in [6.07, 6.45) is 1.60. The lowest BCUT2D eigenvalue weighted by molar-refractivity contribution is 0.618. The minimum atomic E-state index is -0.261. The summed E-state index contributed by atoms with van der Waals surface area (Å²) < 4.78 is 3.19. The number of aromatic nitrogens is 6. The maximum absolute atomic E-state index is 13.4. The highest BCUT2D eigenvalue weighted by Crippen LogP contribution is 2.19. The number of imidazole rings is 1. The summed E-state index contributed by atoms with van der Waals surface area (Å²) >= 11 is 0. The number of rotatable bonds is 6. The number of hydrogen-bond acceptors (Lipinski definition) is 7. The highest BCUT2D eigenvalue weighted by Gasteiger charge is 2.19. The minimum Gasteiger partial charge on any atom is -0.344 e. The van der Waals surface area contributed by atoms with Crippen molar-refractivity contribution in [1.29, 1.82) is 0 Å². The number of nitrogens with two attached hydrogens (primary N) is 1. The van der Waals surface area contributed by atoms with Crippen LogP contribution in [0.5, 0.6) is 0 Å². The first kappa shape index (κ1) is 21.5. The summed E-state index contributed by atoms with van der Waals surface area (Å²) in [7, 11) is 1.90. The van der Waals surface area contributed by atoms with Crippen molar-refractivity contribution in [3.63, 3.8) is 0 Å². The van der Waals surface area contributed by atoms with Crippen LogP contribution < -0.4 is 16.2 Å². The van der Waals surface area contributed by atoms with Gasteiger partial charge in [-0.1, -0.05) is 24.1 Å². The predicted octanol–water partition coefficient (Wildman–Crippen LogP) is 1.70. The van der Waals surface area contributed by atoms with Crippen LogP contribution in [0.1, 0.15) is 25.4 Å². The van der Waals surface area contributed by atoms with Gasteiger partial charge in [0.2, 0.25) is 5.95 Å². The monoisotopic (exact) mass is 430 g/mol. The van der Waals surface area contributed by atoms with Gasteiger partial charge in [-0.2, -0.15) is 5.10 Å². The van der Waals surface area contributed by atoms with Gasteiger partial charge in [-0.3, -0.25) is 9.36 Å². The van der Waals surface area contributed by atoms with Gasteiger partial charge in [0.1, 0.15) is 17.6 Å². The molecule has 1 unspecified atom stereocenters. The Morgan fingerprint density at radius 3 is 2.72 bits per heavy atom. The first-order valence-corrected chi connectivity index (χ1v) is 10.4. The van der Waals surface area contributed by atoms with E-state index in [0.29, 0.717) is 35.9 Å². The van der Waals surface area contributed by atoms with Crippen LogP contribution >= 0.6 is 0 Å². The second-order valence-electron chi connectivity index (χ2n) is 7.87. The van der Waals surface area contributed by atoms with Crippen molar-refractivity contribution in [2.24, 2.45) is 5.73 Å². The molecule has 0 radical (unpaired) electrons. The first-order chi connectivity index (χ1) is 15.4. The molecule has 1 atom stereocenters. The van der Waals surface area contributed by atoms with Gasteiger partial charge in [0.15, 0.2) is 5.82 Å². The molecule has 3 heterocycles. The largest absolute Gasteiger partial charge is 0.344 e. The lowest BCUT2D eigenvalue weighted by atomic mass is 10.2. The molecule has 9 heteroatoms. The summed E-state index contributed by atoms with van der Waals surface area (Å²) in [6.45, 7) is 6.73. The summed E-state index contributed by atoms with van der Waals surface area (Å²) in [5.74, 6) is 7.09. The van der Waals surface area contributed by atoms with Gasteiger partial charge < -0.3 is 10.6 Å². The van der Waals surface area contributed by atoms with E-state index in [1.807, 2.05) is 54.6 Å². The van der Waals surface area contributed by atoms with E-state index in [9.17, 15) is 4.79 Å². The van der Waals surface area contributed by atoms with E-state index < -0.39 is 0 Å². The summed E-state index contributed by atoms with van der Waals surface area (Å²) in [6, 6.07) is 7.76. The number of hydrogen-bond donors (Lipinski definition) is 1.